The van der Waals surface area contributed by atoms with Crippen molar-refractivity contribution in [2.24, 2.45) is 0 Å². The maximum Gasteiger partial charge on any atom is 0.262 e. The van der Waals surface area contributed by atoms with Gasteiger partial charge in [0.2, 0.25) is 0 Å². The highest BCUT2D eigenvalue weighted by atomic mass is 35.5. The van der Waals surface area contributed by atoms with Crippen LogP contribution in [0.4, 0.5) is 0 Å². The van der Waals surface area contributed by atoms with Crippen LogP contribution >= 0.6 is 11.6 Å². The Morgan fingerprint density at radius 1 is 0.966 bits per heavy atom. The minimum atomic E-state index is -0.711. The minimum Gasteiger partial charge on any atom is -0.379 e. The van der Waals surface area contributed by atoms with Gasteiger partial charge in [0, 0.05) is 31.2 Å². The summed E-state index contributed by atoms with van der Waals surface area (Å²) in [4.78, 5) is 16.3. The predicted octanol–water partition coefficient (Wildman–Crippen LogP) is 3.54. The third-order valence-electron chi connectivity index (χ3n) is 6.12. The SMILES string of the molecule is CCC1(c2ccccc2)C(=O)N(N2CCOCC2)CCN1Cc1ccccc1Cl. The number of carbonyl (C=O) groups is 1. The second-order valence-electron chi connectivity index (χ2n) is 7.59. The molecule has 2 aliphatic heterocycles. The first kappa shape index (κ1) is 20.4. The lowest BCUT2D eigenvalue weighted by molar-refractivity contribution is -0.184. The zero-order valence-corrected chi connectivity index (χ0v) is 17.6. The van der Waals surface area contributed by atoms with Crippen LogP contribution in [0.5, 0.6) is 0 Å². The number of hydrazine groups is 1. The molecule has 5 nitrogen and oxygen atoms in total. The van der Waals surface area contributed by atoms with E-state index in [1.165, 1.54) is 0 Å². The van der Waals surface area contributed by atoms with Crippen molar-refractivity contribution in [1.82, 2.24) is 14.9 Å². The predicted molar refractivity (Wildman–Crippen MR) is 114 cm³/mol. The second kappa shape index (κ2) is 8.84. The molecule has 0 radical (unpaired) electrons. The third-order valence-corrected chi connectivity index (χ3v) is 6.49. The summed E-state index contributed by atoms with van der Waals surface area (Å²) < 4.78 is 5.50. The molecule has 1 amide bonds. The molecule has 2 aromatic carbocycles. The molecule has 0 bridgehead atoms. The number of amides is 1. The van der Waals surface area contributed by atoms with Gasteiger partial charge in [0.05, 0.1) is 19.8 Å². The van der Waals surface area contributed by atoms with E-state index in [0.717, 1.165) is 35.8 Å². The van der Waals surface area contributed by atoms with E-state index in [-0.39, 0.29) is 5.91 Å². The van der Waals surface area contributed by atoms with E-state index < -0.39 is 5.54 Å². The first-order valence-electron chi connectivity index (χ1n) is 10.4. The number of ether oxygens (including phenoxy) is 1. The molecule has 2 aromatic rings. The summed E-state index contributed by atoms with van der Waals surface area (Å²) in [7, 11) is 0. The van der Waals surface area contributed by atoms with Crippen molar-refractivity contribution in [2.45, 2.75) is 25.4 Å². The Bertz CT molecular complexity index is 841. The quantitative estimate of drug-likeness (QED) is 0.751. The average molecular weight is 414 g/mol. The van der Waals surface area contributed by atoms with Gasteiger partial charge in [0.15, 0.2) is 0 Å². The van der Waals surface area contributed by atoms with Crippen LogP contribution in [-0.4, -0.2) is 60.2 Å². The maximum absolute atomic E-state index is 14.0. The van der Waals surface area contributed by atoms with Gasteiger partial charge in [0.1, 0.15) is 5.54 Å². The topological polar surface area (TPSA) is 36.0 Å². The highest BCUT2D eigenvalue weighted by Crippen LogP contribution is 2.39. The molecule has 6 heteroatoms. The Balaban J connectivity index is 1.73. The summed E-state index contributed by atoms with van der Waals surface area (Å²) in [5, 5.41) is 4.86. The van der Waals surface area contributed by atoms with Gasteiger partial charge in [-0.25, -0.2) is 5.01 Å². The standard InChI is InChI=1S/C23H28ClN3O2/c1-2-23(20-9-4-3-5-10-20)22(28)27(26-14-16-29-17-15-26)13-12-25(23)18-19-8-6-7-11-21(19)24/h3-11H,2,12-18H2,1H3. The van der Waals surface area contributed by atoms with Crippen molar-refractivity contribution in [3.8, 4) is 0 Å². The van der Waals surface area contributed by atoms with Gasteiger partial charge in [0.25, 0.3) is 5.91 Å². The van der Waals surface area contributed by atoms with Gasteiger partial charge in [-0.1, -0.05) is 67.1 Å². The van der Waals surface area contributed by atoms with Crippen molar-refractivity contribution in [1.29, 1.82) is 0 Å². The molecule has 1 unspecified atom stereocenters. The number of morpholine rings is 1. The molecule has 2 saturated heterocycles. The second-order valence-corrected chi connectivity index (χ2v) is 7.99. The monoisotopic (exact) mass is 413 g/mol. The van der Waals surface area contributed by atoms with Crippen LogP contribution in [-0.2, 0) is 21.6 Å². The highest BCUT2D eigenvalue weighted by molar-refractivity contribution is 6.31. The summed E-state index contributed by atoms with van der Waals surface area (Å²) >= 11 is 6.47. The molecule has 0 spiro atoms. The molecule has 0 saturated carbocycles. The number of benzene rings is 2. The van der Waals surface area contributed by atoms with Crippen LogP contribution in [0.2, 0.25) is 5.02 Å². The number of rotatable bonds is 5. The van der Waals surface area contributed by atoms with Crippen LogP contribution in [0.3, 0.4) is 0 Å². The summed E-state index contributed by atoms with van der Waals surface area (Å²) in [6, 6.07) is 18.1. The third kappa shape index (κ3) is 3.80. The Kier molecular flexibility index (Phi) is 6.20. The van der Waals surface area contributed by atoms with Crippen LogP contribution in [0, 0.1) is 0 Å². The fourth-order valence-corrected chi connectivity index (χ4v) is 4.76. The van der Waals surface area contributed by atoms with E-state index >= 15 is 0 Å². The van der Waals surface area contributed by atoms with Gasteiger partial charge < -0.3 is 4.74 Å². The lowest BCUT2D eigenvalue weighted by Crippen LogP contribution is -2.67. The van der Waals surface area contributed by atoms with Crippen LogP contribution in [0.25, 0.3) is 0 Å². The fraction of sp³-hybridized carbons (Fsp3) is 0.435. The molecular weight excluding hydrogens is 386 g/mol. The molecule has 0 N–H and O–H groups in total. The lowest BCUT2D eigenvalue weighted by atomic mass is 9.82. The number of nitrogens with zero attached hydrogens (tertiary/aromatic N) is 3. The van der Waals surface area contributed by atoms with Crippen molar-refractivity contribution >= 4 is 17.5 Å². The maximum atomic E-state index is 14.0. The van der Waals surface area contributed by atoms with Gasteiger partial charge in [-0.15, -0.1) is 0 Å². The highest BCUT2D eigenvalue weighted by Gasteiger charge is 2.50. The molecular formula is C23H28ClN3O2. The van der Waals surface area contributed by atoms with E-state index in [1.54, 1.807) is 0 Å². The van der Waals surface area contributed by atoms with E-state index in [2.05, 4.69) is 29.0 Å². The van der Waals surface area contributed by atoms with Crippen molar-refractivity contribution in [3.63, 3.8) is 0 Å². The van der Waals surface area contributed by atoms with Gasteiger partial charge in [-0.05, 0) is 23.6 Å². The molecule has 154 valence electrons. The summed E-state index contributed by atoms with van der Waals surface area (Å²) in [6.45, 7) is 7.05. The minimum absolute atomic E-state index is 0.145. The Hall–Kier alpha value is -1.92. The van der Waals surface area contributed by atoms with Crippen LogP contribution in [0.1, 0.15) is 24.5 Å². The number of halogens is 1. The molecule has 4 rings (SSSR count). The smallest absolute Gasteiger partial charge is 0.262 e. The molecule has 2 heterocycles. The van der Waals surface area contributed by atoms with E-state index in [0.29, 0.717) is 32.7 Å². The molecule has 2 aliphatic rings. The Morgan fingerprint density at radius 3 is 2.34 bits per heavy atom. The zero-order valence-electron chi connectivity index (χ0n) is 16.9. The summed E-state index contributed by atoms with van der Waals surface area (Å²) in [5.41, 5.74) is 1.38. The average Bonchev–Trinajstić information content (AvgIpc) is 2.77. The number of hydrogen-bond acceptors (Lipinski definition) is 4. The van der Waals surface area contributed by atoms with Crippen molar-refractivity contribution < 1.29 is 9.53 Å². The van der Waals surface area contributed by atoms with Crippen LogP contribution < -0.4 is 0 Å². The van der Waals surface area contributed by atoms with E-state index in [9.17, 15) is 4.79 Å². The van der Waals surface area contributed by atoms with Gasteiger partial charge in [-0.2, -0.15) is 0 Å². The van der Waals surface area contributed by atoms with E-state index in [4.69, 9.17) is 16.3 Å². The zero-order chi connectivity index (χ0) is 20.3. The number of carbonyl (C=O) groups excluding carboxylic acids is 1. The lowest BCUT2D eigenvalue weighted by Gasteiger charge is -2.52. The molecule has 1 atom stereocenters. The van der Waals surface area contributed by atoms with E-state index in [1.807, 2.05) is 47.5 Å². The van der Waals surface area contributed by atoms with Gasteiger partial charge in [-0.3, -0.25) is 14.7 Å². The first-order chi connectivity index (χ1) is 14.2. The Labute approximate surface area is 177 Å². The summed E-state index contributed by atoms with van der Waals surface area (Å²) in [5.74, 6) is 0.145. The number of piperazine rings is 1. The van der Waals surface area contributed by atoms with Crippen molar-refractivity contribution in [2.75, 3.05) is 39.4 Å². The van der Waals surface area contributed by atoms with Gasteiger partial charge >= 0.3 is 0 Å². The van der Waals surface area contributed by atoms with Crippen LogP contribution in [0.15, 0.2) is 54.6 Å². The summed E-state index contributed by atoms with van der Waals surface area (Å²) in [6.07, 6.45) is 0.696. The number of hydrogen-bond donors (Lipinski definition) is 0. The largest absolute Gasteiger partial charge is 0.379 e. The normalized spacial score (nSPS) is 24.1. The van der Waals surface area contributed by atoms with Crippen molar-refractivity contribution in [3.05, 3.63) is 70.7 Å². The molecule has 29 heavy (non-hydrogen) atoms. The molecule has 0 aliphatic carbocycles. The molecule has 2 fully saturated rings. The fourth-order valence-electron chi connectivity index (χ4n) is 4.57. The Morgan fingerprint density at radius 2 is 1.66 bits per heavy atom. The first-order valence-corrected chi connectivity index (χ1v) is 10.7. The molecule has 0 aromatic heterocycles.